The maximum atomic E-state index is 2.59. The number of hydrogen-bond acceptors (Lipinski definition) is 1. The lowest BCUT2D eigenvalue weighted by molar-refractivity contribution is 0.378. The van der Waals surface area contributed by atoms with Crippen LogP contribution >= 0.6 is 0 Å². The highest BCUT2D eigenvalue weighted by atomic mass is 15.1. The van der Waals surface area contributed by atoms with E-state index in [9.17, 15) is 0 Å². The molecule has 0 spiro atoms. The lowest BCUT2D eigenvalue weighted by Crippen LogP contribution is -2.21. The molecule has 0 aromatic carbocycles. The van der Waals surface area contributed by atoms with Gasteiger partial charge in [0.2, 0.25) is 0 Å². The highest BCUT2D eigenvalue weighted by Gasteiger charge is 2.17. The molecule has 1 aliphatic carbocycles. The fourth-order valence-corrected chi connectivity index (χ4v) is 2.37. The van der Waals surface area contributed by atoms with Crippen LogP contribution in [0.2, 0.25) is 0 Å². The van der Waals surface area contributed by atoms with Crippen LogP contribution in [0.4, 0.5) is 0 Å². The molecular formula is C11H19N. The Bertz CT molecular complexity index is 177. The maximum Gasteiger partial charge on any atom is 0.0175 e. The second-order valence-electron chi connectivity index (χ2n) is 4.22. The molecule has 0 aromatic heterocycles. The molecule has 1 unspecified atom stereocenters. The molecule has 0 saturated carbocycles. The summed E-state index contributed by atoms with van der Waals surface area (Å²) in [6.07, 6.45) is 9.46. The summed E-state index contributed by atoms with van der Waals surface area (Å²) in [7, 11) is 0. The summed E-state index contributed by atoms with van der Waals surface area (Å²) in [5.41, 5.74) is 1.64. The van der Waals surface area contributed by atoms with Gasteiger partial charge in [0.1, 0.15) is 0 Å². The van der Waals surface area contributed by atoms with Crippen molar-refractivity contribution in [2.75, 3.05) is 13.1 Å². The first kappa shape index (κ1) is 8.15. The molecule has 68 valence electrons. The van der Waals surface area contributed by atoms with Crippen molar-refractivity contribution in [2.24, 2.45) is 5.92 Å². The Balaban J connectivity index is 2.01. The molecule has 1 saturated heterocycles. The Kier molecular flexibility index (Phi) is 2.38. The molecule has 0 aromatic rings. The van der Waals surface area contributed by atoms with E-state index in [-0.39, 0.29) is 0 Å². The van der Waals surface area contributed by atoms with Gasteiger partial charge < -0.3 is 4.90 Å². The summed E-state index contributed by atoms with van der Waals surface area (Å²) in [5.74, 6) is 0.828. The van der Waals surface area contributed by atoms with Crippen LogP contribution in [0.5, 0.6) is 0 Å². The van der Waals surface area contributed by atoms with Crippen LogP contribution in [-0.2, 0) is 0 Å². The zero-order chi connectivity index (χ0) is 8.39. The number of hydrogen-bond donors (Lipinski definition) is 0. The van der Waals surface area contributed by atoms with E-state index in [1.54, 1.807) is 5.70 Å². The van der Waals surface area contributed by atoms with E-state index in [2.05, 4.69) is 17.9 Å². The molecule has 1 heterocycles. The van der Waals surface area contributed by atoms with E-state index in [0.29, 0.717) is 0 Å². The fraction of sp³-hybridized carbons (Fsp3) is 0.818. The van der Waals surface area contributed by atoms with Crippen molar-refractivity contribution in [2.45, 2.75) is 39.0 Å². The van der Waals surface area contributed by atoms with Crippen LogP contribution in [0.1, 0.15) is 39.0 Å². The minimum Gasteiger partial charge on any atom is -0.375 e. The molecule has 0 amide bonds. The van der Waals surface area contributed by atoms with Gasteiger partial charge >= 0.3 is 0 Å². The predicted molar refractivity (Wildman–Crippen MR) is 51.9 cm³/mol. The minimum absolute atomic E-state index is 0.828. The monoisotopic (exact) mass is 165 g/mol. The first-order valence-corrected chi connectivity index (χ1v) is 5.32. The summed E-state index contributed by atoms with van der Waals surface area (Å²) in [4.78, 5) is 2.59. The van der Waals surface area contributed by atoms with Crippen LogP contribution in [0.25, 0.3) is 0 Å². The second-order valence-corrected chi connectivity index (χ2v) is 4.22. The van der Waals surface area contributed by atoms with E-state index >= 15 is 0 Å². The quantitative estimate of drug-likeness (QED) is 0.577. The van der Waals surface area contributed by atoms with Gasteiger partial charge in [-0.3, -0.25) is 0 Å². The van der Waals surface area contributed by atoms with Crippen LogP contribution in [-0.4, -0.2) is 18.0 Å². The SMILES string of the molecule is CC1C=C(N2CCCC2)CCC1. The molecule has 1 nitrogen and oxygen atoms in total. The third kappa shape index (κ3) is 1.65. The molecule has 1 atom stereocenters. The topological polar surface area (TPSA) is 3.24 Å². The fourth-order valence-electron chi connectivity index (χ4n) is 2.37. The Morgan fingerprint density at radius 2 is 2.00 bits per heavy atom. The lowest BCUT2D eigenvalue weighted by Gasteiger charge is -2.26. The van der Waals surface area contributed by atoms with Gasteiger partial charge in [-0.05, 0) is 38.0 Å². The molecule has 1 fully saturated rings. The standard InChI is InChI=1S/C11H19N/c1-10-5-4-6-11(9-10)12-7-2-3-8-12/h9-10H,2-8H2,1H3. The molecule has 0 radical (unpaired) electrons. The summed E-state index contributed by atoms with van der Waals surface area (Å²) in [5, 5.41) is 0. The second kappa shape index (κ2) is 3.51. The van der Waals surface area contributed by atoms with Gasteiger partial charge in [0.15, 0.2) is 0 Å². The summed E-state index contributed by atoms with van der Waals surface area (Å²) in [6.45, 7) is 4.98. The number of rotatable bonds is 1. The molecule has 2 aliphatic rings. The van der Waals surface area contributed by atoms with Crippen molar-refractivity contribution in [1.82, 2.24) is 4.90 Å². The van der Waals surface area contributed by atoms with Crippen LogP contribution in [0.3, 0.4) is 0 Å². The van der Waals surface area contributed by atoms with Gasteiger partial charge in [-0.25, -0.2) is 0 Å². The molecule has 1 heteroatoms. The molecule has 12 heavy (non-hydrogen) atoms. The first-order valence-electron chi connectivity index (χ1n) is 5.32. The van der Waals surface area contributed by atoms with Crippen molar-refractivity contribution in [1.29, 1.82) is 0 Å². The lowest BCUT2D eigenvalue weighted by atomic mass is 9.95. The van der Waals surface area contributed by atoms with Gasteiger partial charge in [-0.1, -0.05) is 13.0 Å². The minimum atomic E-state index is 0.828. The smallest absolute Gasteiger partial charge is 0.0175 e. The van der Waals surface area contributed by atoms with Crippen molar-refractivity contribution in [3.63, 3.8) is 0 Å². The predicted octanol–water partition coefficient (Wildman–Crippen LogP) is 2.79. The molecule has 1 aliphatic heterocycles. The number of allylic oxidation sites excluding steroid dienone is 2. The third-order valence-corrected chi connectivity index (χ3v) is 3.08. The number of likely N-dealkylation sites (tertiary alicyclic amines) is 1. The van der Waals surface area contributed by atoms with Crippen LogP contribution in [0.15, 0.2) is 11.8 Å². The Labute approximate surface area is 75.4 Å². The van der Waals surface area contributed by atoms with E-state index in [1.165, 1.54) is 45.2 Å². The van der Waals surface area contributed by atoms with Gasteiger partial charge in [0, 0.05) is 18.8 Å². The Morgan fingerprint density at radius 3 is 2.67 bits per heavy atom. The summed E-state index contributed by atoms with van der Waals surface area (Å²) < 4.78 is 0. The van der Waals surface area contributed by atoms with Gasteiger partial charge in [-0.15, -0.1) is 0 Å². The average molecular weight is 165 g/mol. The molecular weight excluding hydrogens is 146 g/mol. The molecule has 0 N–H and O–H groups in total. The largest absolute Gasteiger partial charge is 0.375 e. The van der Waals surface area contributed by atoms with Gasteiger partial charge in [-0.2, -0.15) is 0 Å². The van der Waals surface area contributed by atoms with Crippen molar-refractivity contribution in [3.05, 3.63) is 11.8 Å². The zero-order valence-electron chi connectivity index (χ0n) is 8.05. The Hall–Kier alpha value is -0.460. The van der Waals surface area contributed by atoms with E-state index in [0.717, 1.165) is 5.92 Å². The van der Waals surface area contributed by atoms with Crippen LogP contribution < -0.4 is 0 Å². The normalized spacial score (nSPS) is 30.6. The molecule has 2 rings (SSSR count). The highest BCUT2D eigenvalue weighted by Crippen LogP contribution is 2.27. The summed E-state index contributed by atoms with van der Waals surface area (Å²) in [6, 6.07) is 0. The molecule has 0 bridgehead atoms. The van der Waals surface area contributed by atoms with E-state index in [4.69, 9.17) is 0 Å². The maximum absolute atomic E-state index is 2.59. The highest BCUT2D eigenvalue weighted by molar-refractivity contribution is 5.07. The average Bonchev–Trinajstić information content (AvgIpc) is 2.56. The Morgan fingerprint density at radius 1 is 1.25 bits per heavy atom. The zero-order valence-corrected chi connectivity index (χ0v) is 8.05. The van der Waals surface area contributed by atoms with Crippen LogP contribution in [0, 0.1) is 5.92 Å². The van der Waals surface area contributed by atoms with Gasteiger partial charge in [0.05, 0.1) is 0 Å². The van der Waals surface area contributed by atoms with Gasteiger partial charge in [0.25, 0.3) is 0 Å². The van der Waals surface area contributed by atoms with Crippen molar-refractivity contribution >= 4 is 0 Å². The van der Waals surface area contributed by atoms with E-state index in [1.807, 2.05) is 0 Å². The van der Waals surface area contributed by atoms with E-state index < -0.39 is 0 Å². The summed E-state index contributed by atoms with van der Waals surface area (Å²) >= 11 is 0. The first-order chi connectivity index (χ1) is 5.86. The van der Waals surface area contributed by atoms with Crippen molar-refractivity contribution in [3.8, 4) is 0 Å². The van der Waals surface area contributed by atoms with Crippen molar-refractivity contribution < 1.29 is 0 Å². The third-order valence-electron chi connectivity index (χ3n) is 3.08. The number of nitrogens with zero attached hydrogens (tertiary/aromatic N) is 1.